The van der Waals surface area contributed by atoms with Gasteiger partial charge in [0, 0.05) is 22.9 Å². The van der Waals surface area contributed by atoms with Gasteiger partial charge >= 0.3 is 5.97 Å². The number of carbonyl (C=O) groups excluding carboxylic acids is 3. The van der Waals surface area contributed by atoms with E-state index in [4.69, 9.17) is 9.47 Å². The Morgan fingerprint density at radius 3 is 2.61 bits per heavy atom. The minimum atomic E-state index is -0.500. The number of nitrogens with zero attached hydrogens (tertiary/aromatic N) is 1. The molecule has 6 heteroatoms. The summed E-state index contributed by atoms with van der Waals surface area (Å²) in [6.45, 7) is 4.69. The Morgan fingerprint density at radius 2 is 2.00 bits per heavy atom. The van der Waals surface area contributed by atoms with Gasteiger partial charge in [-0.05, 0) is 26.8 Å². The SMILES string of the molecule is C/C=C(/C)C(=O)OCc1nccc2c1C(=O)C(OC)=C(C)C2=O. The predicted octanol–water partition coefficient (Wildman–Crippen LogP) is 2.39. The first kappa shape index (κ1) is 16.6. The van der Waals surface area contributed by atoms with E-state index >= 15 is 0 Å². The van der Waals surface area contributed by atoms with Crippen LogP contribution in [0.2, 0.25) is 0 Å². The molecule has 23 heavy (non-hydrogen) atoms. The van der Waals surface area contributed by atoms with Crippen LogP contribution in [0.1, 0.15) is 47.2 Å². The fourth-order valence-corrected chi connectivity index (χ4v) is 2.26. The van der Waals surface area contributed by atoms with Gasteiger partial charge in [0.25, 0.3) is 0 Å². The lowest BCUT2D eigenvalue weighted by Gasteiger charge is -2.19. The van der Waals surface area contributed by atoms with Crippen molar-refractivity contribution < 1.29 is 23.9 Å². The molecule has 120 valence electrons. The smallest absolute Gasteiger partial charge is 0.333 e. The number of aromatic nitrogens is 1. The summed E-state index contributed by atoms with van der Waals surface area (Å²) in [4.78, 5) is 40.7. The highest BCUT2D eigenvalue weighted by Crippen LogP contribution is 2.28. The van der Waals surface area contributed by atoms with Crippen LogP contribution in [0, 0.1) is 0 Å². The number of Topliss-reactive ketones (excluding diaryl/α,β-unsaturated/α-hetero) is 2. The number of hydrogen-bond acceptors (Lipinski definition) is 6. The Labute approximate surface area is 133 Å². The predicted molar refractivity (Wildman–Crippen MR) is 81.8 cm³/mol. The Hall–Kier alpha value is -2.76. The summed E-state index contributed by atoms with van der Waals surface area (Å²) in [5.41, 5.74) is 1.32. The van der Waals surface area contributed by atoms with Crippen LogP contribution in [0.5, 0.6) is 0 Å². The zero-order valence-electron chi connectivity index (χ0n) is 13.4. The van der Waals surface area contributed by atoms with Gasteiger partial charge in [-0.3, -0.25) is 14.6 Å². The number of ether oxygens (including phenoxy) is 2. The van der Waals surface area contributed by atoms with E-state index in [1.165, 1.54) is 26.3 Å². The molecule has 0 fully saturated rings. The highest BCUT2D eigenvalue weighted by Gasteiger charge is 2.33. The molecule has 0 atom stereocenters. The van der Waals surface area contributed by atoms with Gasteiger partial charge in [-0.25, -0.2) is 4.79 Å². The highest BCUT2D eigenvalue weighted by atomic mass is 16.5. The van der Waals surface area contributed by atoms with Crippen LogP contribution < -0.4 is 0 Å². The Balaban J connectivity index is 2.40. The standard InChI is InChI=1S/C17H17NO5/c1-5-9(2)17(21)23-8-12-13-11(6-7-18-12)14(19)10(3)16(22-4)15(13)20/h5-7H,8H2,1-4H3/b9-5-. The lowest BCUT2D eigenvalue weighted by atomic mass is 9.88. The molecule has 0 unspecified atom stereocenters. The van der Waals surface area contributed by atoms with E-state index in [1.54, 1.807) is 19.9 Å². The Kier molecular flexibility index (Phi) is 4.74. The third-order valence-corrected chi connectivity index (χ3v) is 3.69. The number of ketones is 2. The average molecular weight is 315 g/mol. The second kappa shape index (κ2) is 6.56. The van der Waals surface area contributed by atoms with Crippen molar-refractivity contribution in [1.82, 2.24) is 4.98 Å². The average Bonchev–Trinajstić information content (AvgIpc) is 2.57. The van der Waals surface area contributed by atoms with Gasteiger partial charge in [0.15, 0.2) is 11.5 Å². The van der Waals surface area contributed by atoms with Crippen molar-refractivity contribution in [2.45, 2.75) is 27.4 Å². The van der Waals surface area contributed by atoms with E-state index in [-0.39, 0.29) is 40.5 Å². The summed E-state index contributed by atoms with van der Waals surface area (Å²) in [5, 5.41) is 0. The molecule has 1 aromatic heterocycles. The van der Waals surface area contributed by atoms with Crippen molar-refractivity contribution in [3.8, 4) is 0 Å². The van der Waals surface area contributed by atoms with Gasteiger partial charge in [-0.1, -0.05) is 6.08 Å². The first-order chi connectivity index (χ1) is 10.9. The first-order valence-electron chi connectivity index (χ1n) is 7.04. The van der Waals surface area contributed by atoms with Gasteiger partial charge in [-0.2, -0.15) is 0 Å². The molecule has 0 radical (unpaired) electrons. The minimum Gasteiger partial charge on any atom is -0.492 e. The molecule has 0 N–H and O–H groups in total. The molecule has 1 aliphatic rings. The lowest BCUT2D eigenvalue weighted by Crippen LogP contribution is -2.24. The molecular formula is C17H17NO5. The van der Waals surface area contributed by atoms with Crippen LogP contribution in [0.15, 0.2) is 35.2 Å². The van der Waals surface area contributed by atoms with Gasteiger partial charge < -0.3 is 9.47 Å². The summed E-state index contributed by atoms with van der Waals surface area (Å²) in [5.74, 6) is -1.23. The maximum absolute atomic E-state index is 12.5. The Morgan fingerprint density at radius 1 is 1.30 bits per heavy atom. The molecule has 0 aliphatic heterocycles. The van der Waals surface area contributed by atoms with Crippen LogP contribution in [0.25, 0.3) is 0 Å². The van der Waals surface area contributed by atoms with Crippen LogP contribution in [-0.4, -0.2) is 29.6 Å². The summed E-state index contributed by atoms with van der Waals surface area (Å²) in [7, 11) is 1.33. The second-order valence-corrected chi connectivity index (χ2v) is 5.04. The van der Waals surface area contributed by atoms with Gasteiger partial charge in [-0.15, -0.1) is 0 Å². The highest BCUT2D eigenvalue weighted by molar-refractivity contribution is 6.26. The molecule has 0 aromatic carbocycles. The van der Waals surface area contributed by atoms with E-state index in [0.717, 1.165) is 0 Å². The summed E-state index contributed by atoms with van der Waals surface area (Å²) < 4.78 is 10.2. The van der Waals surface area contributed by atoms with Crippen LogP contribution in [0.3, 0.4) is 0 Å². The number of pyridine rings is 1. The topological polar surface area (TPSA) is 82.6 Å². The monoisotopic (exact) mass is 315 g/mol. The number of fused-ring (bicyclic) bond motifs is 1. The molecule has 2 rings (SSSR count). The molecule has 0 saturated carbocycles. The Bertz CT molecular complexity index is 758. The number of rotatable bonds is 4. The number of esters is 1. The van der Waals surface area contributed by atoms with Crippen molar-refractivity contribution in [2.75, 3.05) is 7.11 Å². The minimum absolute atomic E-state index is 0.00675. The number of carbonyl (C=O) groups is 3. The first-order valence-corrected chi connectivity index (χ1v) is 7.04. The van der Waals surface area contributed by atoms with Gasteiger partial charge in [0.05, 0.1) is 18.4 Å². The molecule has 1 aromatic rings. The largest absolute Gasteiger partial charge is 0.492 e. The second-order valence-electron chi connectivity index (χ2n) is 5.04. The molecule has 1 aliphatic carbocycles. The third kappa shape index (κ3) is 2.92. The van der Waals surface area contributed by atoms with E-state index in [0.29, 0.717) is 5.57 Å². The van der Waals surface area contributed by atoms with Crippen molar-refractivity contribution in [1.29, 1.82) is 0 Å². The summed E-state index contributed by atoms with van der Waals surface area (Å²) >= 11 is 0. The van der Waals surface area contributed by atoms with Crippen molar-refractivity contribution in [2.24, 2.45) is 0 Å². The van der Waals surface area contributed by atoms with E-state index < -0.39 is 11.8 Å². The van der Waals surface area contributed by atoms with Gasteiger partial charge in [0.2, 0.25) is 5.78 Å². The summed E-state index contributed by atoms with van der Waals surface area (Å²) in [6.07, 6.45) is 3.04. The fourth-order valence-electron chi connectivity index (χ4n) is 2.26. The molecule has 0 spiro atoms. The maximum atomic E-state index is 12.5. The van der Waals surface area contributed by atoms with Crippen LogP contribution in [0.4, 0.5) is 0 Å². The number of hydrogen-bond donors (Lipinski definition) is 0. The molecule has 1 heterocycles. The molecule has 6 nitrogen and oxygen atoms in total. The van der Waals surface area contributed by atoms with Crippen LogP contribution in [-0.2, 0) is 20.9 Å². The lowest BCUT2D eigenvalue weighted by molar-refractivity contribution is -0.140. The summed E-state index contributed by atoms with van der Waals surface area (Å²) in [6, 6.07) is 1.48. The molecule has 0 bridgehead atoms. The van der Waals surface area contributed by atoms with Crippen molar-refractivity contribution in [3.63, 3.8) is 0 Å². The van der Waals surface area contributed by atoms with Crippen molar-refractivity contribution >= 4 is 17.5 Å². The van der Waals surface area contributed by atoms with E-state index in [9.17, 15) is 14.4 Å². The zero-order valence-corrected chi connectivity index (χ0v) is 13.4. The van der Waals surface area contributed by atoms with E-state index in [2.05, 4.69) is 4.98 Å². The van der Waals surface area contributed by atoms with Crippen LogP contribution >= 0.6 is 0 Å². The normalized spacial score (nSPS) is 14.7. The number of methoxy groups -OCH3 is 1. The molecular weight excluding hydrogens is 298 g/mol. The quantitative estimate of drug-likeness (QED) is 0.627. The molecule has 0 amide bonds. The fraction of sp³-hybridized carbons (Fsp3) is 0.294. The van der Waals surface area contributed by atoms with Crippen molar-refractivity contribution in [3.05, 3.63) is 52.1 Å². The zero-order chi connectivity index (χ0) is 17.1. The van der Waals surface area contributed by atoms with E-state index in [1.807, 2.05) is 0 Å². The molecule has 0 saturated heterocycles. The van der Waals surface area contributed by atoms with Gasteiger partial charge in [0.1, 0.15) is 6.61 Å². The number of allylic oxidation sites excluding steroid dienone is 3. The maximum Gasteiger partial charge on any atom is 0.333 e. The third-order valence-electron chi connectivity index (χ3n) is 3.69.